The van der Waals surface area contributed by atoms with Crippen LogP contribution >= 0.6 is 0 Å². The lowest BCUT2D eigenvalue weighted by molar-refractivity contribution is -0.154. The number of alkyl halides is 3. The first kappa shape index (κ1) is 18.7. The molecule has 0 spiro atoms. The maximum Gasteiger partial charge on any atom is 0.422 e. The molecule has 9 heteroatoms. The fourth-order valence-electron chi connectivity index (χ4n) is 2.68. The minimum absolute atomic E-state index is 0.0843. The van der Waals surface area contributed by atoms with Gasteiger partial charge in [-0.3, -0.25) is 9.59 Å². The SMILES string of the molecule is O=C(Nc1ccc(OCC(F)(F)F)nc1)[C@@H]1CC(=O)N(c2ccccc2)C1. The fourth-order valence-corrected chi connectivity index (χ4v) is 2.68. The molecule has 1 aliphatic rings. The molecule has 1 N–H and O–H groups in total. The van der Waals surface area contributed by atoms with Crippen molar-refractivity contribution in [3.63, 3.8) is 0 Å². The molecular weight excluding hydrogens is 363 g/mol. The number of para-hydroxylation sites is 1. The zero-order valence-corrected chi connectivity index (χ0v) is 14.1. The highest BCUT2D eigenvalue weighted by Gasteiger charge is 2.35. The van der Waals surface area contributed by atoms with E-state index in [9.17, 15) is 22.8 Å². The highest BCUT2D eigenvalue weighted by atomic mass is 19.4. The van der Waals surface area contributed by atoms with E-state index in [1.807, 2.05) is 18.2 Å². The van der Waals surface area contributed by atoms with Crippen LogP contribution in [0.3, 0.4) is 0 Å². The third-order valence-corrected chi connectivity index (χ3v) is 3.95. The van der Waals surface area contributed by atoms with Gasteiger partial charge in [0, 0.05) is 24.7 Å². The zero-order valence-electron chi connectivity index (χ0n) is 14.1. The Hall–Kier alpha value is -3.10. The van der Waals surface area contributed by atoms with Gasteiger partial charge in [-0.2, -0.15) is 13.2 Å². The topological polar surface area (TPSA) is 71.5 Å². The van der Waals surface area contributed by atoms with Crippen molar-refractivity contribution in [2.45, 2.75) is 12.6 Å². The Bertz CT molecular complexity index is 810. The van der Waals surface area contributed by atoms with E-state index in [-0.39, 0.29) is 30.7 Å². The number of ether oxygens (including phenoxy) is 1. The Morgan fingerprint density at radius 1 is 1.22 bits per heavy atom. The summed E-state index contributed by atoms with van der Waals surface area (Å²) in [5.41, 5.74) is 1.04. The molecule has 27 heavy (non-hydrogen) atoms. The van der Waals surface area contributed by atoms with E-state index < -0.39 is 18.7 Å². The number of rotatable bonds is 5. The van der Waals surface area contributed by atoms with Crippen LogP contribution in [-0.2, 0) is 9.59 Å². The molecule has 6 nitrogen and oxygen atoms in total. The van der Waals surface area contributed by atoms with Crippen LogP contribution in [0.5, 0.6) is 5.88 Å². The third kappa shape index (κ3) is 4.96. The Kier molecular flexibility index (Phi) is 5.29. The average Bonchev–Trinajstić information content (AvgIpc) is 3.03. The second-order valence-corrected chi connectivity index (χ2v) is 6.02. The average molecular weight is 379 g/mol. The molecule has 0 bridgehead atoms. The maximum absolute atomic E-state index is 12.4. The molecule has 3 rings (SSSR count). The number of amides is 2. The normalized spacial score (nSPS) is 17.1. The van der Waals surface area contributed by atoms with Crippen molar-refractivity contribution in [3.8, 4) is 5.88 Å². The molecule has 0 saturated carbocycles. The molecule has 1 aliphatic heterocycles. The predicted octanol–water partition coefficient (Wildman–Crippen LogP) is 3.01. The summed E-state index contributed by atoms with van der Waals surface area (Å²) in [5.74, 6) is -1.22. The van der Waals surface area contributed by atoms with Gasteiger partial charge < -0.3 is 15.0 Å². The van der Waals surface area contributed by atoms with Gasteiger partial charge in [0.2, 0.25) is 17.7 Å². The quantitative estimate of drug-likeness (QED) is 0.867. The summed E-state index contributed by atoms with van der Waals surface area (Å²) in [6, 6.07) is 11.7. The van der Waals surface area contributed by atoms with Crippen molar-refractivity contribution in [1.82, 2.24) is 4.98 Å². The molecule has 1 saturated heterocycles. The number of hydrogen-bond acceptors (Lipinski definition) is 4. The highest BCUT2D eigenvalue weighted by Crippen LogP contribution is 2.26. The van der Waals surface area contributed by atoms with Crippen LogP contribution in [-0.4, -0.2) is 36.1 Å². The minimum Gasteiger partial charge on any atom is -0.468 e. The van der Waals surface area contributed by atoms with Crippen LogP contribution in [0, 0.1) is 5.92 Å². The van der Waals surface area contributed by atoms with E-state index in [2.05, 4.69) is 15.0 Å². The number of pyridine rings is 1. The fraction of sp³-hybridized carbons (Fsp3) is 0.278. The van der Waals surface area contributed by atoms with Crippen LogP contribution in [0.25, 0.3) is 0 Å². The van der Waals surface area contributed by atoms with Crippen molar-refractivity contribution >= 4 is 23.2 Å². The summed E-state index contributed by atoms with van der Waals surface area (Å²) >= 11 is 0. The molecule has 0 unspecified atom stereocenters. The van der Waals surface area contributed by atoms with E-state index in [0.29, 0.717) is 5.69 Å². The standard InChI is InChI=1S/C18H16F3N3O3/c19-18(20,21)11-27-15-7-6-13(9-22-15)23-17(26)12-8-16(25)24(10-12)14-4-2-1-3-5-14/h1-7,9,12H,8,10-11H2,(H,23,26)/t12-/m1/s1. The number of benzene rings is 1. The van der Waals surface area contributed by atoms with E-state index in [4.69, 9.17) is 0 Å². The van der Waals surface area contributed by atoms with Gasteiger partial charge in [-0.1, -0.05) is 18.2 Å². The van der Waals surface area contributed by atoms with Crippen molar-refractivity contribution < 1.29 is 27.5 Å². The second-order valence-electron chi connectivity index (χ2n) is 6.02. The number of carbonyl (C=O) groups is 2. The summed E-state index contributed by atoms with van der Waals surface area (Å²) in [4.78, 5) is 29.8. The van der Waals surface area contributed by atoms with E-state index in [1.54, 1.807) is 17.0 Å². The Morgan fingerprint density at radius 3 is 2.59 bits per heavy atom. The van der Waals surface area contributed by atoms with Gasteiger partial charge in [-0.25, -0.2) is 4.98 Å². The Morgan fingerprint density at radius 2 is 1.96 bits per heavy atom. The van der Waals surface area contributed by atoms with Crippen LogP contribution < -0.4 is 15.0 Å². The van der Waals surface area contributed by atoms with Crippen LogP contribution in [0.2, 0.25) is 0 Å². The first-order chi connectivity index (χ1) is 12.8. The zero-order chi connectivity index (χ0) is 19.4. The molecule has 1 aromatic carbocycles. The number of carbonyl (C=O) groups excluding carboxylic acids is 2. The summed E-state index contributed by atoms with van der Waals surface area (Å²) in [6.07, 6.45) is -3.16. The number of hydrogen-bond donors (Lipinski definition) is 1. The smallest absolute Gasteiger partial charge is 0.422 e. The van der Waals surface area contributed by atoms with Gasteiger partial charge in [0.25, 0.3) is 0 Å². The molecule has 0 aliphatic carbocycles. The van der Waals surface area contributed by atoms with Gasteiger partial charge in [0.15, 0.2) is 6.61 Å². The van der Waals surface area contributed by atoms with Gasteiger partial charge in [0.05, 0.1) is 17.8 Å². The highest BCUT2D eigenvalue weighted by molar-refractivity contribution is 6.03. The molecule has 2 amide bonds. The summed E-state index contributed by atoms with van der Waals surface area (Å²) in [5, 5.41) is 2.62. The van der Waals surface area contributed by atoms with Gasteiger partial charge in [-0.15, -0.1) is 0 Å². The number of halogens is 3. The van der Waals surface area contributed by atoms with Crippen molar-refractivity contribution in [3.05, 3.63) is 48.7 Å². The molecule has 1 fully saturated rings. The monoisotopic (exact) mass is 379 g/mol. The van der Waals surface area contributed by atoms with Gasteiger partial charge in [0.1, 0.15) is 0 Å². The molecule has 2 heterocycles. The molecular formula is C18H16F3N3O3. The Labute approximate surface area is 152 Å². The predicted molar refractivity (Wildman–Crippen MR) is 91.3 cm³/mol. The van der Waals surface area contributed by atoms with Crippen molar-refractivity contribution in [2.24, 2.45) is 5.92 Å². The lowest BCUT2D eigenvalue weighted by Crippen LogP contribution is -2.28. The number of aromatic nitrogens is 1. The number of anilines is 2. The molecule has 2 aromatic rings. The molecule has 1 atom stereocenters. The van der Waals surface area contributed by atoms with Crippen LogP contribution in [0.15, 0.2) is 48.7 Å². The van der Waals surface area contributed by atoms with E-state index >= 15 is 0 Å². The lowest BCUT2D eigenvalue weighted by atomic mass is 10.1. The van der Waals surface area contributed by atoms with Gasteiger partial charge in [-0.05, 0) is 18.2 Å². The Balaban J connectivity index is 1.57. The van der Waals surface area contributed by atoms with E-state index in [0.717, 1.165) is 5.69 Å². The summed E-state index contributed by atoms with van der Waals surface area (Å²) < 4.78 is 40.8. The second kappa shape index (κ2) is 7.65. The van der Waals surface area contributed by atoms with Crippen molar-refractivity contribution in [2.75, 3.05) is 23.4 Å². The third-order valence-electron chi connectivity index (χ3n) is 3.95. The lowest BCUT2D eigenvalue weighted by Gasteiger charge is -2.16. The van der Waals surface area contributed by atoms with Crippen LogP contribution in [0.1, 0.15) is 6.42 Å². The molecule has 142 valence electrons. The van der Waals surface area contributed by atoms with Crippen molar-refractivity contribution in [1.29, 1.82) is 0 Å². The molecule has 0 radical (unpaired) electrons. The summed E-state index contributed by atoms with van der Waals surface area (Å²) in [6.45, 7) is -1.18. The first-order valence-corrected chi connectivity index (χ1v) is 8.14. The van der Waals surface area contributed by atoms with Crippen LogP contribution in [0.4, 0.5) is 24.5 Å². The number of nitrogens with one attached hydrogen (secondary N) is 1. The maximum atomic E-state index is 12.4. The largest absolute Gasteiger partial charge is 0.468 e. The molecule has 1 aromatic heterocycles. The minimum atomic E-state index is -4.45. The van der Waals surface area contributed by atoms with Gasteiger partial charge >= 0.3 is 6.18 Å². The summed E-state index contributed by atoms with van der Waals surface area (Å²) in [7, 11) is 0. The van der Waals surface area contributed by atoms with E-state index in [1.165, 1.54) is 18.3 Å². The number of nitrogens with zero attached hydrogens (tertiary/aromatic N) is 2. The first-order valence-electron chi connectivity index (χ1n) is 8.14.